The van der Waals surface area contributed by atoms with Gasteiger partial charge in [0.1, 0.15) is 11.9 Å². The molecule has 3 rings (SSSR count). The fourth-order valence-corrected chi connectivity index (χ4v) is 3.01. The number of Topliss-reactive ketones (excluding diaryl/α,β-unsaturated/α-hetero) is 1. The highest BCUT2D eigenvalue weighted by Crippen LogP contribution is 2.24. The summed E-state index contributed by atoms with van der Waals surface area (Å²) >= 11 is 0. The number of carbonyl (C=O) groups excluding carboxylic acids is 1. The summed E-state index contributed by atoms with van der Waals surface area (Å²) < 4.78 is 11.3. The van der Waals surface area contributed by atoms with Gasteiger partial charge in [0, 0.05) is 24.3 Å². The first-order valence-corrected chi connectivity index (χ1v) is 7.75. The van der Waals surface area contributed by atoms with Crippen molar-refractivity contribution in [2.24, 2.45) is 0 Å². The molecule has 2 aliphatic rings. The van der Waals surface area contributed by atoms with E-state index in [2.05, 4.69) is 9.88 Å². The predicted molar refractivity (Wildman–Crippen MR) is 78.7 cm³/mol. The molecule has 0 bridgehead atoms. The largest absolute Gasteiger partial charge is 0.492 e. The van der Waals surface area contributed by atoms with Crippen molar-refractivity contribution < 1.29 is 14.3 Å². The highest BCUT2D eigenvalue weighted by Gasteiger charge is 2.35. The van der Waals surface area contributed by atoms with Gasteiger partial charge >= 0.3 is 0 Å². The van der Waals surface area contributed by atoms with Crippen LogP contribution in [0.15, 0.2) is 18.5 Å². The van der Waals surface area contributed by atoms with Crippen molar-refractivity contribution in [1.82, 2.24) is 9.88 Å². The SMILES string of the molecule is CCCOc1cncc(C(=O)C2CN3CCCC3CO2)c1. The molecule has 1 aromatic heterocycles. The minimum absolute atomic E-state index is 0.00907. The Labute approximate surface area is 125 Å². The van der Waals surface area contributed by atoms with Gasteiger partial charge in [0.05, 0.1) is 19.4 Å². The van der Waals surface area contributed by atoms with E-state index < -0.39 is 0 Å². The van der Waals surface area contributed by atoms with E-state index in [1.54, 1.807) is 18.5 Å². The maximum absolute atomic E-state index is 12.6. The summed E-state index contributed by atoms with van der Waals surface area (Å²) in [6, 6.07) is 2.27. The van der Waals surface area contributed by atoms with Gasteiger partial charge in [-0.25, -0.2) is 0 Å². The van der Waals surface area contributed by atoms with Gasteiger partial charge in [-0.05, 0) is 31.9 Å². The zero-order chi connectivity index (χ0) is 14.7. The van der Waals surface area contributed by atoms with E-state index in [0.29, 0.717) is 37.1 Å². The standard InChI is InChI=1S/C16H22N2O3/c1-2-6-20-14-7-12(8-17-9-14)16(19)15-10-18-5-3-4-13(18)11-21-15/h7-9,13,15H,2-6,10-11H2,1H3. The molecule has 21 heavy (non-hydrogen) atoms. The summed E-state index contributed by atoms with van der Waals surface area (Å²) in [6.45, 7) is 5.12. The fraction of sp³-hybridized carbons (Fsp3) is 0.625. The molecular formula is C16H22N2O3. The first-order chi connectivity index (χ1) is 10.3. The Hall–Kier alpha value is -1.46. The third kappa shape index (κ3) is 3.24. The molecule has 2 unspecified atom stereocenters. The molecule has 0 aromatic carbocycles. The highest BCUT2D eigenvalue weighted by atomic mass is 16.5. The van der Waals surface area contributed by atoms with E-state index in [-0.39, 0.29) is 11.9 Å². The second-order valence-corrected chi connectivity index (χ2v) is 5.73. The maximum atomic E-state index is 12.6. The lowest BCUT2D eigenvalue weighted by molar-refractivity contribution is -0.0344. The van der Waals surface area contributed by atoms with Gasteiger partial charge in [-0.1, -0.05) is 6.92 Å². The molecule has 2 saturated heterocycles. The molecule has 0 N–H and O–H groups in total. The molecule has 0 spiro atoms. The number of nitrogens with zero attached hydrogens (tertiary/aromatic N) is 2. The van der Waals surface area contributed by atoms with E-state index in [4.69, 9.17) is 9.47 Å². The molecule has 5 heteroatoms. The zero-order valence-electron chi connectivity index (χ0n) is 12.5. The zero-order valence-corrected chi connectivity index (χ0v) is 12.5. The van der Waals surface area contributed by atoms with Crippen molar-refractivity contribution in [3.63, 3.8) is 0 Å². The van der Waals surface area contributed by atoms with Crippen molar-refractivity contribution in [2.75, 3.05) is 26.3 Å². The lowest BCUT2D eigenvalue weighted by Gasteiger charge is -2.34. The molecule has 2 aliphatic heterocycles. The van der Waals surface area contributed by atoms with Crippen LogP contribution in [0.1, 0.15) is 36.5 Å². The maximum Gasteiger partial charge on any atom is 0.194 e. The number of morpholine rings is 1. The minimum atomic E-state index is -0.373. The third-order valence-electron chi connectivity index (χ3n) is 4.15. The summed E-state index contributed by atoms with van der Waals surface area (Å²) in [5.74, 6) is 0.660. The van der Waals surface area contributed by atoms with E-state index in [1.165, 1.54) is 12.8 Å². The summed E-state index contributed by atoms with van der Waals surface area (Å²) in [5.41, 5.74) is 0.575. The van der Waals surface area contributed by atoms with Crippen molar-refractivity contribution in [1.29, 1.82) is 0 Å². The molecule has 3 heterocycles. The minimum Gasteiger partial charge on any atom is -0.492 e. The number of ketones is 1. The second kappa shape index (κ2) is 6.54. The van der Waals surface area contributed by atoms with Crippen LogP contribution in [0.5, 0.6) is 5.75 Å². The third-order valence-corrected chi connectivity index (χ3v) is 4.15. The molecule has 2 atom stereocenters. The Morgan fingerprint density at radius 3 is 3.29 bits per heavy atom. The van der Waals surface area contributed by atoms with Gasteiger partial charge in [-0.3, -0.25) is 14.7 Å². The number of hydrogen-bond donors (Lipinski definition) is 0. The summed E-state index contributed by atoms with van der Waals surface area (Å²) in [4.78, 5) is 19.0. The van der Waals surface area contributed by atoms with Crippen LogP contribution in [-0.2, 0) is 4.74 Å². The van der Waals surface area contributed by atoms with Gasteiger partial charge in [-0.15, -0.1) is 0 Å². The fourth-order valence-electron chi connectivity index (χ4n) is 3.01. The molecule has 0 saturated carbocycles. The normalized spacial score (nSPS) is 25.6. The lowest BCUT2D eigenvalue weighted by atomic mass is 10.1. The van der Waals surface area contributed by atoms with Crippen molar-refractivity contribution in [3.8, 4) is 5.75 Å². The van der Waals surface area contributed by atoms with Crippen molar-refractivity contribution >= 4 is 5.78 Å². The van der Waals surface area contributed by atoms with Gasteiger partial charge < -0.3 is 9.47 Å². The van der Waals surface area contributed by atoms with E-state index in [1.807, 2.05) is 6.92 Å². The number of pyridine rings is 1. The first kappa shape index (κ1) is 14.5. The number of fused-ring (bicyclic) bond motifs is 1. The summed E-state index contributed by atoms with van der Waals surface area (Å²) in [7, 11) is 0. The molecule has 114 valence electrons. The Bertz CT molecular complexity index is 506. The van der Waals surface area contributed by atoms with Crippen LogP contribution in [0.2, 0.25) is 0 Å². The van der Waals surface area contributed by atoms with Crippen LogP contribution < -0.4 is 4.74 Å². The van der Waals surface area contributed by atoms with Crippen molar-refractivity contribution in [3.05, 3.63) is 24.0 Å². The summed E-state index contributed by atoms with van der Waals surface area (Å²) in [5, 5.41) is 0. The molecule has 1 aromatic rings. The molecule has 0 radical (unpaired) electrons. The number of aromatic nitrogens is 1. The van der Waals surface area contributed by atoms with Crippen LogP contribution in [0.3, 0.4) is 0 Å². The molecule has 0 amide bonds. The van der Waals surface area contributed by atoms with Crippen LogP contribution in [0.4, 0.5) is 0 Å². The van der Waals surface area contributed by atoms with E-state index >= 15 is 0 Å². The van der Waals surface area contributed by atoms with E-state index in [9.17, 15) is 4.79 Å². The van der Waals surface area contributed by atoms with Crippen LogP contribution >= 0.6 is 0 Å². The number of carbonyl (C=O) groups is 1. The molecule has 0 aliphatic carbocycles. The van der Waals surface area contributed by atoms with E-state index in [0.717, 1.165) is 13.0 Å². The number of hydrogen-bond acceptors (Lipinski definition) is 5. The van der Waals surface area contributed by atoms with Crippen LogP contribution in [0, 0.1) is 0 Å². The monoisotopic (exact) mass is 290 g/mol. The van der Waals surface area contributed by atoms with Gasteiger partial charge in [0.2, 0.25) is 0 Å². The Balaban J connectivity index is 1.67. The van der Waals surface area contributed by atoms with Crippen LogP contribution in [0.25, 0.3) is 0 Å². The van der Waals surface area contributed by atoms with Crippen molar-refractivity contribution in [2.45, 2.75) is 38.3 Å². The number of ether oxygens (including phenoxy) is 2. The quantitative estimate of drug-likeness (QED) is 0.775. The summed E-state index contributed by atoms with van der Waals surface area (Å²) in [6.07, 6.45) is 6.19. The Morgan fingerprint density at radius 1 is 1.52 bits per heavy atom. The van der Waals surface area contributed by atoms with Crippen LogP contribution in [-0.4, -0.2) is 54.1 Å². The molecule has 5 nitrogen and oxygen atoms in total. The Kier molecular flexibility index (Phi) is 4.51. The predicted octanol–water partition coefficient (Wildman–Crippen LogP) is 1.92. The Morgan fingerprint density at radius 2 is 2.43 bits per heavy atom. The smallest absolute Gasteiger partial charge is 0.194 e. The average molecular weight is 290 g/mol. The van der Waals surface area contributed by atoms with Gasteiger partial charge in [0.15, 0.2) is 5.78 Å². The number of rotatable bonds is 5. The highest BCUT2D eigenvalue weighted by molar-refractivity contribution is 5.99. The average Bonchev–Trinajstić information content (AvgIpc) is 3.00. The van der Waals surface area contributed by atoms with Gasteiger partial charge in [0.25, 0.3) is 0 Å². The molecular weight excluding hydrogens is 268 g/mol. The van der Waals surface area contributed by atoms with Gasteiger partial charge in [-0.2, -0.15) is 0 Å². The first-order valence-electron chi connectivity index (χ1n) is 7.75. The molecule has 2 fully saturated rings. The topological polar surface area (TPSA) is 51.7 Å². The lowest BCUT2D eigenvalue weighted by Crippen LogP contribution is -2.49. The second-order valence-electron chi connectivity index (χ2n) is 5.73.